The van der Waals surface area contributed by atoms with Gasteiger partial charge in [-0.1, -0.05) is 37.6 Å². The molecule has 2 aliphatic rings. The molecule has 2 fully saturated rings. The summed E-state index contributed by atoms with van der Waals surface area (Å²) in [6, 6.07) is 7.89. The zero-order chi connectivity index (χ0) is 20.7. The molecular formula is C22H26ClFN2O2S. The average molecular weight is 437 g/mol. The van der Waals surface area contributed by atoms with E-state index in [4.69, 9.17) is 11.6 Å². The molecule has 5 atom stereocenters. The monoisotopic (exact) mass is 436 g/mol. The van der Waals surface area contributed by atoms with E-state index in [-0.39, 0.29) is 35.6 Å². The van der Waals surface area contributed by atoms with Gasteiger partial charge in [0.2, 0.25) is 5.91 Å². The summed E-state index contributed by atoms with van der Waals surface area (Å²) in [4.78, 5) is 15.3. The predicted octanol–water partition coefficient (Wildman–Crippen LogP) is 4.55. The lowest BCUT2D eigenvalue weighted by molar-refractivity contribution is -0.143. The van der Waals surface area contributed by atoms with Gasteiger partial charge in [-0.3, -0.25) is 10.1 Å². The molecule has 29 heavy (non-hydrogen) atoms. The van der Waals surface area contributed by atoms with E-state index >= 15 is 0 Å². The molecule has 4 nitrogen and oxygen atoms in total. The summed E-state index contributed by atoms with van der Waals surface area (Å²) in [5.74, 6) is 0.161. The molecule has 2 heterocycles. The van der Waals surface area contributed by atoms with Crippen LogP contribution in [0.25, 0.3) is 0 Å². The second kappa shape index (κ2) is 8.34. The average Bonchev–Trinajstić information content (AvgIpc) is 3.36. The van der Waals surface area contributed by atoms with Crippen LogP contribution in [0.4, 0.5) is 4.39 Å². The van der Waals surface area contributed by atoms with Crippen LogP contribution in [0.3, 0.4) is 0 Å². The van der Waals surface area contributed by atoms with Crippen LogP contribution in [0.1, 0.15) is 49.8 Å². The van der Waals surface area contributed by atoms with Crippen LogP contribution < -0.4 is 5.32 Å². The molecule has 1 saturated heterocycles. The van der Waals surface area contributed by atoms with Gasteiger partial charge in [-0.05, 0) is 53.8 Å². The lowest BCUT2D eigenvalue weighted by Crippen LogP contribution is -2.61. The molecule has 1 saturated carbocycles. The maximum Gasteiger partial charge on any atom is 0.226 e. The highest BCUT2D eigenvalue weighted by atomic mass is 35.5. The number of piperazine rings is 1. The summed E-state index contributed by atoms with van der Waals surface area (Å²) in [5, 5.41) is 16.0. The third kappa shape index (κ3) is 4.36. The van der Waals surface area contributed by atoms with Gasteiger partial charge in [0.15, 0.2) is 0 Å². The van der Waals surface area contributed by atoms with Crippen molar-refractivity contribution in [1.82, 2.24) is 10.2 Å². The first-order valence-electron chi connectivity index (χ1n) is 10.1. The fourth-order valence-electron chi connectivity index (χ4n) is 4.37. The number of nitrogens with zero attached hydrogens (tertiary/aromatic N) is 1. The Labute approximate surface area is 179 Å². The highest BCUT2D eigenvalue weighted by Crippen LogP contribution is 2.49. The van der Waals surface area contributed by atoms with Gasteiger partial charge >= 0.3 is 0 Å². The Hall–Kier alpha value is -1.47. The molecule has 2 aromatic rings. The number of aliphatic hydroxyl groups is 1. The predicted molar refractivity (Wildman–Crippen MR) is 113 cm³/mol. The Balaban J connectivity index is 1.54. The van der Waals surface area contributed by atoms with Crippen molar-refractivity contribution in [3.8, 4) is 0 Å². The zero-order valence-corrected chi connectivity index (χ0v) is 18.1. The smallest absolute Gasteiger partial charge is 0.226 e. The number of halogens is 2. The third-order valence-electron chi connectivity index (χ3n) is 5.94. The van der Waals surface area contributed by atoms with E-state index in [0.717, 1.165) is 24.0 Å². The van der Waals surface area contributed by atoms with Gasteiger partial charge in [0.1, 0.15) is 12.0 Å². The number of carbonyl (C=O) groups is 1. The van der Waals surface area contributed by atoms with E-state index < -0.39 is 6.23 Å². The highest BCUT2D eigenvalue weighted by Gasteiger charge is 2.49. The van der Waals surface area contributed by atoms with Crippen molar-refractivity contribution in [2.45, 2.75) is 50.9 Å². The van der Waals surface area contributed by atoms with E-state index in [0.29, 0.717) is 16.8 Å². The van der Waals surface area contributed by atoms with E-state index in [9.17, 15) is 14.3 Å². The number of rotatable bonds is 5. The van der Waals surface area contributed by atoms with Crippen LogP contribution in [0.2, 0.25) is 4.34 Å². The van der Waals surface area contributed by atoms with Crippen molar-refractivity contribution >= 4 is 28.8 Å². The van der Waals surface area contributed by atoms with Gasteiger partial charge in [0.25, 0.3) is 0 Å². The largest absolute Gasteiger partial charge is 0.376 e. The SMILES string of the molecule is CC(C)C[C@H]1C(O)N[C@@H](c2ccsc2Cl)CN1C(=O)[C@@H]1C[C@H]1c1ccc(F)cc1. The Morgan fingerprint density at radius 2 is 2.07 bits per heavy atom. The van der Waals surface area contributed by atoms with Gasteiger partial charge in [-0.15, -0.1) is 11.3 Å². The van der Waals surface area contributed by atoms with E-state index in [1.54, 1.807) is 12.1 Å². The van der Waals surface area contributed by atoms with Crippen LogP contribution in [0.15, 0.2) is 35.7 Å². The Morgan fingerprint density at radius 3 is 2.69 bits per heavy atom. The van der Waals surface area contributed by atoms with Gasteiger partial charge in [0, 0.05) is 18.0 Å². The lowest BCUT2D eigenvalue weighted by atomic mass is 9.95. The molecule has 1 aliphatic heterocycles. The first-order valence-corrected chi connectivity index (χ1v) is 11.3. The lowest BCUT2D eigenvalue weighted by Gasteiger charge is -2.44. The summed E-state index contributed by atoms with van der Waals surface area (Å²) >= 11 is 7.77. The molecule has 2 N–H and O–H groups in total. The molecule has 1 amide bonds. The minimum atomic E-state index is -0.806. The van der Waals surface area contributed by atoms with Crippen molar-refractivity contribution in [1.29, 1.82) is 0 Å². The molecule has 1 aliphatic carbocycles. The first-order chi connectivity index (χ1) is 13.8. The minimum Gasteiger partial charge on any atom is -0.376 e. The van der Waals surface area contributed by atoms with Crippen molar-refractivity contribution < 1.29 is 14.3 Å². The Morgan fingerprint density at radius 1 is 1.34 bits per heavy atom. The van der Waals surface area contributed by atoms with E-state index in [2.05, 4.69) is 19.2 Å². The Kier molecular flexibility index (Phi) is 5.98. The number of nitrogens with one attached hydrogen (secondary N) is 1. The molecule has 7 heteroatoms. The highest BCUT2D eigenvalue weighted by molar-refractivity contribution is 7.14. The molecule has 1 aromatic carbocycles. The van der Waals surface area contributed by atoms with Gasteiger partial charge in [-0.2, -0.15) is 0 Å². The Bertz CT molecular complexity index is 872. The van der Waals surface area contributed by atoms with Gasteiger partial charge in [0.05, 0.1) is 16.4 Å². The third-order valence-corrected chi connectivity index (χ3v) is 7.14. The molecule has 0 radical (unpaired) electrons. The topological polar surface area (TPSA) is 52.6 Å². The number of amides is 1. The van der Waals surface area contributed by atoms with Crippen LogP contribution in [0.5, 0.6) is 0 Å². The molecule has 156 valence electrons. The quantitative estimate of drug-likeness (QED) is 0.722. The fourth-order valence-corrected chi connectivity index (χ4v) is 5.40. The zero-order valence-electron chi connectivity index (χ0n) is 16.5. The number of benzene rings is 1. The van der Waals surface area contributed by atoms with Crippen LogP contribution in [-0.2, 0) is 4.79 Å². The van der Waals surface area contributed by atoms with E-state index in [1.807, 2.05) is 16.3 Å². The summed E-state index contributed by atoms with van der Waals surface area (Å²) in [5.41, 5.74) is 1.92. The standard InChI is InChI=1S/C22H26ClFN2O2S/c1-12(2)9-19-21(27)25-18(15-7-8-29-20(15)23)11-26(19)22(28)17-10-16(17)13-3-5-14(24)6-4-13/h3-8,12,16-19,21,25,27H,9-11H2,1-2H3/t16-,17+,18+,19-,21?/m0/s1. The number of thiophene rings is 1. The number of carbonyl (C=O) groups excluding carboxylic acids is 1. The molecule has 0 spiro atoms. The molecule has 0 bridgehead atoms. The minimum absolute atomic E-state index is 0.0712. The summed E-state index contributed by atoms with van der Waals surface area (Å²) in [6.45, 7) is 4.67. The van der Waals surface area contributed by atoms with Gasteiger partial charge < -0.3 is 10.0 Å². The van der Waals surface area contributed by atoms with Crippen LogP contribution in [0, 0.1) is 17.7 Å². The van der Waals surface area contributed by atoms with Crippen LogP contribution in [-0.4, -0.2) is 34.7 Å². The van der Waals surface area contributed by atoms with Crippen LogP contribution >= 0.6 is 22.9 Å². The number of hydrogen-bond acceptors (Lipinski definition) is 4. The van der Waals surface area contributed by atoms with E-state index in [1.165, 1.54) is 23.5 Å². The summed E-state index contributed by atoms with van der Waals surface area (Å²) in [6.07, 6.45) is 0.680. The second-order valence-electron chi connectivity index (χ2n) is 8.50. The summed E-state index contributed by atoms with van der Waals surface area (Å²) < 4.78 is 13.9. The van der Waals surface area contributed by atoms with Gasteiger partial charge in [-0.25, -0.2) is 4.39 Å². The fraction of sp³-hybridized carbons (Fsp3) is 0.500. The summed E-state index contributed by atoms with van der Waals surface area (Å²) in [7, 11) is 0. The number of hydrogen-bond donors (Lipinski definition) is 2. The first kappa shape index (κ1) is 20.8. The van der Waals surface area contributed by atoms with Crippen molar-refractivity contribution in [2.75, 3.05) is 6.54 Å². The maximum absolute atomic E-state index is 13.4. The molecular weight excluding hydrogens is 411 g/mol. The van der Waals surface area contributed by atoms with Crippen molar-refractivity contribution in [3.05, 3.63) is 57.0 Å². The van der Waals surface area contributed by atoms with Crippen molar-refractivity contribution in [3.63, 3.8) is 0 Å². The second-order valence-corrected chi connectivity index (χ2v) is 10.0. The molecule has 1 aromatic heterocycles. The normalized spacial score (nSPS) is 29.3. The maximum atomic E-state index is 13.4. The molecule has 1 unspecified atom stereocenters. The van der Waals surface area contributed by atoms with Crippen molar-refractivity contribution in [2.24, 2.45) is 11.8 Å². The number of aliphatic hydroxyl groups excluding tert-OH is 1. The molecule has 4 rings (SSSR count).